The quantitative estimate of drug-likeness (QED) is 0.564. The molecule has 0 saturated carbocycles. The standard InChI is InChI=1S/C19H27N5/c1-2-16(5-6-20)24-18-9-13(8-15-11-23-19(15)18)12-3-4-17(22)14(7-12)10-21/h3-4,7-9,15-16,24H,2,5-6,10-11,20-22H2,1H3/p+1. The van der Waals surface area contributed by atoms with E-state index in [4.69, 9.17) is 11.5 Å². The molecule has 0 fully saturated rings. The topological polar surface area (TPSA) is 104 Å². The lowest BCUT2D eigenvalue weighted by atomic mass is 9.84. The summed E-state index contributed by atoms with van der Waals surface area (Å²) in [6.45, 7) is 4.46. The molecule has 24 heavy (non-hydrogen) atoms. The van der Waals surface area contributed by atoms with Crippen LogP contribution in [0.1, 0.15) is 30.9 Å². The van der Waals surface area contributed by atoms with E-state index in [1.54, 1.807) is 0 Å². The van der Waals surface area contributed by atoms with Gasteiger partial charge in [0, 0.05) is 23.2 Å². The molecular formula is C19H28N5+. The van der Waals surface area contributed by atoms with Crippen LogP contribution in [0, 0.1) is 5.92 Å². The molecule has 0 aromatic heterocycles. The minimum absolute atomic E-state index is 0.395. The third kappa shape index (κ3) is 3.23. The first kappa shape index (κ1) is 16.7. The van der Waals surface area contributed by atoms with Crippen molar-refractivity contribution in [3.8, 4) is 0 Å². The molecule has 5 heteroatoms. The predicted molar refractivity (Wildman–Crippen MR) is 100 cm³/mol. The number of hydrogen-bond donors (Lipinski definition) is 4. The first-order valence-electron chi connectivity index (χ1n) is 8.79. The van der Waals surface area contributed by atoms with Crippen molar-refractivity contribution in [1.82, 2.24) is 5.32 Å². The van der Waals surface area contributed by atoms with Gasteiger partial charge < -0.3 is 22.5 Å². The second-order valence-corrected chi connectivity index (χ2v) is 6.50. The van der Waals surface area contributed by atoms with Crippen molar-refractivity contribution in [1.29, 1.82) is 0 Å². The number of nitrogen functional groups attached to an aromatic ring is 1. The van der Waals surface area contributed by atoms with Crippen LogP contribution in [0.15, 0.2) is 41.0 Å². The second-order valence-electron chi connectivity index (χ2n) is 6.50. The van der Waals surface area contributed by atoms with Gasteiger partial charge in [0.2, 0.25) is 0 Å². The summed E-state index contributed by atoms with van der Waals surface area (Å²) < 4.78 is 0. The lowest BCUT2D eigenvalue weighted by Crippen LogP contribution is -2.47. The maximum Gasteiger partial charge on any atom is 0.102 e. The van der Waals surface area contributed by atoms with Crippen molar-refractivity contribution in [3.05, 3.63) is 47.2 Å². The van der Waals surface area contributed by atoms with Gasteiger partial charge in [0.15, 0.2) is 0 Å². The highest BCUT2D eigenvalue weighted by Crippen LogP contribution is 2.32. The molecule has 1 aliphatic carbocycles. The molecule has 128 valence electrons. The van der Waals surface area contributed by atoms with Crippen LogP contribution in [0.3, 0.4) is 0 Å². The fraction of sp³-hybridized carbons (Fsp3) is 0.421. The molecule has 0 amide bonds. The Morgan fingerprint density at radius 3 is 2.88 bits per heavy atom. The first-order valence-corrected chi connectivity index (χ1v) is 8.79. The molecule has 1 aliphatic heterocycles. The molecule has 8 N–H and O–H groups in total. The molecular weight excluding hydrogens is 298 g/mol. The number of nitrogens with one attached hydrogen (secondary N) is 1. The number of rotatable bonds is 7. The van der Waals surface area contributed by atoms with Crippen LogP contribution in [-0.2, 0) is 6.54 Å². The Balaban J connectivity index is 1.89. The van der Waals surface area contributed by atoms with Gasteiger partial charge in [0.05, 0.1) is 18.0 Å². The van der Waals surface area contributed by atoms with Crippen molar-refractivity contribution >= 4 is 17.0 Å². The highest BCUT2D eigenvalue weighted by atomic mass is 15.0. The summed E-state index contributed by atoms with van der Waals surface area (Å²) in [7, 11) is 0. The van der Waals surface area contributed by atoms with Crippen molar-refractivity contribution in [2.75, 3.05) is 18.8 Å². The lowest BCUT2D eigenvalue weighted by molar-refractivity contribution is -0.386. The molecule has 0 saturated heterocycles. The van der Waals surface area contributed by atoms with Crippen LogP contribution in [-0.4, -0.2) is 24.8 Å². The van der Waals surface area contributed by atoms with E-state index in [2.05, 4.69) is 47.3 Å². The van der Waals surface area contributed by atoms with E-state index in [9.17, 15) is 0 Å². The molecule has 2 unspecified atom stereocenters. The summed E-state index contributed by atoms with van der Waals surface area (Å²) in [4.78, 5) is 4.58. The lowest BCUT2D eigenvalue weighted by Gasteiger charge is -2.32. The SMILES string of the molecule is CCC(CCN)NC1=CC(c2ccc(N)c(C[NH3+])c2)=CC2CN=C12. The van der Waals surface area contributed by atoms with Crippen molar-refractivity contribution in [2.24, 2.45) is 16.6 Å². The number of nitrogens with two attached hydrogens (primary N) is 2. The van der Waals surface area contributed by atoms with Gasteiger partial charge in [-0.15, -0.1) is 0 Å². The summed E-state index contributed by atoms with van der Waals surface area (Å²) in [5, 5.41) is 3.65. The summed E-state index contributed by atoms with van der Waals surface area (Å²) in [5.41, 5.74) is 22.4. The fourth-order valence-corrected chi connectivity index (χ4v) is 3.30. The van der Waals surface area contributed by atoms with Crippen LogP contribution in [0.5, 0.6) is 0 Å². The molecule has 1 heterocycles. The molecule has 0 spiro atoms. The number of benzene rings is 1. The largest absolute Gasteiger partial charge is 0.398 e. The van der Waals surface area contributed by atoms with Gasteiger partial charge in [-0.25, -0.2) is 0 Å². The Morgan fingerprint density at radius 1 is 1.42 bits per heavy atom. The number of fused-ring (bicyclic) bond motifs is 1. The first-order chi connectivity index (χ1) is 11.7. The molecule has 1 aromatic rings. The summed E-state index contributed by atoms with van der Waals surface area (Å²) >= 11 is 0. The number of allylic oxidation sites excluding steroid dienone is 3. The molecule has 0 radical (unpaired) electrons. The smallest absolute Gasteiger partial charge is 0.102 e. The molecule has 5 nitrogen and oxygen atoms in total. The average molecular weight is 326 g/mol. The van der Waals surface area contributed by atoms with Crippen LogP contribution >= 0.6 is 0 Å². The van der Waals surface area contributed by atoms with Crippen LogP contribution in [0.25, 0.3) is 5.57 Å². The van der Waals surface area contributed by atoms with E-state index in [1.807, 2.05) is 6.07 Å². The van der Waals surface area contributed by atoms with Crippen molar-refractivity contribution < 1.29 is 5.73 Å². The van der Waals surface area contributed by atoms with Crippen molar-refractivity contribution in [3.63, 3.8) is 0 Å². The fourth-order valence-electron chi connectivity index (χ4n) is 3.30. The van der Waals surface area contributed by atoms with Gasteiger partial charge >= 0.3 is 0 Å². The van der Waals surface area contributed by atoms with Gasteiger partial charge in [-0.3, -0.25) is 4.99 Å². The summed E-state index contributed by atoms with van der Waals surface area (Å²) in [6.07, 6.45) is 6.55. The number of anilines is 1. The Kier molecular flexibility index (Phi) is 5.02. The van der Waals surface area contributed by atoms with Crippen LogP contribution in [0.2, 0.25) is 0 Å². The summed E-state index contributed by atoms with van der Waals surface area (Å²) in [5.74, 6) is 0.420. The van der Waals surface area contributed by atoms with Crippen LogP contribution in [0.4, 0.5) is 5.69 Å². The van der Waals surface area contributed by atoms with E-state index in [0.717, 1.165) is 36.3 Å². The number of quaternary nitrogens is 1. The van der Waals surface area contributed by atoms with E-state index in [-0.39, 0.29) is 0 Å². The van der Waals surface area contributed by atoms with Gasteiger partial charge in [-0.2, -0.15) is 0 Å². The predicted octanol–water partition coefficient (Wildman–Crippen LogP) is 1.08. The molecule has 1 aromatic carbocycles. The highest BCUT2D eigenvalue weighted by molar-refractivity contribution is 6.10. The number of nitrogens with zero attached hydrogens (tertiary/aromatic N) is 1. The zero-order valence-electron chi connectivity index (χ0n) is 14.4. The van der Waals surface area contributed by atoms with E-state index >= 15 is 0 Å². The Hall–Kier alpha value is -2.11. The van der Waals surface area contributed by atoms with Crippen molar-refractivity contribution in [2.45, 2.75) is 32.4 Å². The molecule has 0 bridgehead atoms. The molecule has 3 rings (SSSR count). The van der Waals surface area contributed by atoms with Gasteiger partial charge in [0.1, 0.15) is 6.54 Å². The molecule has 2 atom stereocenters. The zero-order valence-corrected chi connectivity index (χ0v) is 14.4. The van der Waals surface area contributed by atoms with Gasteiger partial charge in [0.25, 0.3) is 0 Å². The minimum atomic E-state index is 0.395. The molecule has 2 aliphatic rings. The Labute approximate surface area is 143 Å². The maximum absolute atomic E-state index is 6.02. The zero-order chi connectivity index (χ0) is 17.1. The third-order valence-electron chi connectivity index (χ3n) is 4.88. The Bertz CT molecular complexity index is 702. The third-order valence-corrected chi connectivity index (χ3v) is 4.88. The van der Waals surface area contributed by atoms with Crippen LogP contribution < -0.4 is 22.5 Å². The number of hydrogen-bond acceptors (Lipinski definition) is 4. The highest BCUT2D eigenvalue weighted by Gasteiger charge is 2.30. The number of aliphatic imine (C=N–C) groups is 1. The van der Waals surface area contributed by atoms with E-state index in [1.165, 1.54) is 16.8 Å². The van der Waals surface area contributed by atoms with E-state index in [0.29, 0.717) is 25.0 Å². The minimum Gasteiger partial charge on any atom is -0.398 e. The second kappa shape index (κ2) is 7.20. The normalized spacial score (nSPS) is 20.3. The monoisotopic (exact) mass is 326 g/mol. The summed E-state index contributed by atoms with van der Waals surface area (Å²) in [6, 6.07) is 6.62. The van der Waals surface area contributed by atoms with Gasteiger partial charge in [-0.05, 0) is 48.7 Å². The van der Waals surface area contributed by atoms with E-state index < -0.39 is 0 Å². The maximum atomic E-state index is 6.02. The average Bonchev–Trinajstić information content (AvgIpc) is 2.56. The Morgan fingerprint density at radius 2 is 2.25 bits per heavy atom. The van der Waals surface area contributed by atoms with Gasteiger partial charge in [-0.1, -0.05) is 19.1 Å².